The van der Waals surface area contributed by atoms with Gasteiger partial charge in [-0.25, -0.2) is 0 Å². The lowest BCUT2D eigenvalue weighted by Crippen LogP contribution is -2.34. The molecule has 0 saturated heterocycles. The minimum atomic E-state index is -0.190. The molecule has 1 aromatic carbocycles. The van der Waals surface area contributed by atoms with Gasteiger partial charge in [-0.05, 0) is 25.3 Å². The molecular weight excluding hydrogens is 422 g/mol. The van der Waals surface area contributed by atoms with Gasteiger partial charge in [-0.2, -0.15) is 0 Å². The van der Waals surface area contributed by atoms with Crippen molar-refractivity contribution in [2.24, 2.45) is 5.92 Å². The first-order chi connectivity index (χ1) is 15.9. The highest BCUT2D eigenvalue weighted by Crippen LogP contribution is 2.32. The van der Waals surface area contributed by atoms with Crippen molar-refractivity contribution >= 4 is 5.91 Å². The van der Waals surface area contributed by atoms with Gasteiger partial charge in [0.1, 0.15) is 23.9 Å². The van der Waals surface area contributed by atoms with Crippen LogP contribution in [0.4, 0.5) is 0 Å². The molecule has 2 aromatic rings. The van der Waals surface area contributed by atoms with E-state index in [0.717, 1.165) is 73.3 Å². The van der Waals surface area contributed by atoms with E-state index in [9.17, 15) is 4.79 Å². The molecule has 1 aliphatic rings. The maximum Gasteiger partial charge on any atom is 0.246 e. The van der Waals surface area contributed by atoms with E-state index in [0.29, 0.717) is 5.92 Å². The number of methoxy groups -OCH3 is 3. The molecule has 0 radical (unpaired) electrons. The molecule has 33 heavy (non-hydrogen) atoms. The van der Waals surface area contributed by atoms with Crippen molar-refractivity contribution < 1.29 is 19.0 Å². The largest absolute Gasteiger partial charge is 0.496 e. The summed E-state index contributed by atoms with van der Waals surface area (Å²) >= 11 is 0. The van der Waals surface area contributed by atoms with Crippen LogP contribution >= 0.6 is 0 Å². The van der Waals surface area contributed by atoms with E-state index in [2.05, 4.69) is 44.9 Å². The Morgan fingerprint density at radius 3 is 2.58 bits per heavy atom. The summed E-state index contributed by atoms with van der Waals surface area (Å²) < 4.78 is 18.3. The van der Waals surface area contributed by atoms with Crippen molar-refractivity contribution in [2.75, 3.05) is 41.0 Å². The molecule has 0 aliphatic carbocycles. The lowest BCUT2D eigenvalue weighted by Gasteiger charge is -2.23. The summed E-state index contributed by atoms with van der Waals surface area (Å²) in [5, 5.41) is 12.0. The molecule has 1 unspecified atom stereocenters. The average Bonchev–Trinajstić information content (AvgIpc) is 3.07. The van der Waals surface area contributed by atoms with Crippen molar-refractivity contribution in [2.45, 2.75) is 52.7 Å². The summed E-state index contributed by atoms with van der Waals surface area (Å²) in [7, 11) is 4.90. The quantitative estimate of drug-likeness (QED) is 0.584. The van der Waals surface area contributed by atoms with Crippen LogP contribution in [-0.4, -0.2) is 66.6 Å². The van der Waals surface area contributed by atoms with Gasteiger partial charge in [-0.1, -0.05) is 19.9 Å². The number of nitrogens with zero attached hydrogens (tertiary/aromatic N) is 4. The van der Waals surface area contributed by atoms with E-state index < -0.39 is 0 Å². The third-order valence-electron chi connectivity index (χ3n) is 6.03. The minimum Gasteiger partial charge on any atom is -0.496 e. The van der Waals surface area contributed by atoms with Crippen LogP contribution in [0.2, 0.25) is 0 Å². The molecule has 1 amide bonds. The number of nitrogens with one attached hydrogen (secondary N) is 1. The average molecular weight is 460 g/mol. The lowest BCUT2D eigenvalue weighted by molar-refractivity contribution is -0.125. The third-order valence-corrected chi connectivity index (χ3v) is 6.03. The Kier molecular flexibility index (Phi) is 8.68. The van der Waals surface area contributed by atoms with Gasteiger partial charge >= 0.3 is 0 Å². The van der Waals surface area contributed by atoms with Gasteiger partial charge in [0, 0.05) is 50.8 Å². The molecule has 1 atom stereocenters. The second-order valence-electron chi connectivity index (χ2n) is 8.92. The van der Waals surface area contributed by atoms with Crippen LogP contribution in [0.3, 0.4) is 0 Å². The maximum absolute atomic E-state index is 12.2. The minimum absolute atomic E-state index is 0.0342. The third kappa shape index (κ3) is 6.03. The van der Waals surface area contributed by atoms with Gasteiger partial charge in [-0.15, -0.1) is 10.2 Å². The van der Waals surface area contributed by atoms with Gasteiger partial charge < -0.3 is 24.1 Å². The number of hydrogen-bond acceptors (Lipinski definition) is 7. The van der Waals surface area contributed by atoms with Gasteiger partial charge in [0.05, 0.1) is 20.3 Å². The molecule has 3 rings (SSSR count). The zero-order chi connectivity index (χ0) is 24.0. The first-order valence-corrected chi connectivity index (χ1v) is 11.5. The van der Waals surface area contributed by atoms with Crippen LogP contribution < -0.4 is 14.8 Å². The summed E-state index contributed by atoms with van der Waals surface area (Å²) in [6, 6.07) is 3.88. The van der Waals surface area contributed by atoms with Crippen LogP contribution in [-0.2, 0) is 29.0 Å². The smallest absolute Gasteiger partial charge is 0.246 e. The Hall–Kier alpha value is -2.65. The summed E-state index contributed by atoms with van der Waals surface area (Å²) in [6.07, 6.45) is 1.59. The molecule has 0 fully saturated rings. The zero-order valence-electron chi connectivity index (χ0n) is 20.7. The first kappa shape index (κ1) is 25.0. The Bertz CT molecular complexity index is 943. The van der Waals surface area contributed by atoms with Gasteiger partial charge in [0.15, 0.2) is 5.82 Å². The number of aromatic nitrogens is 3. The number of carbonyl (C=O) groups excluding carboxylic acids is 1. The Morgan fingerprint density at radius 1 is 1.12 bits per heavy atom. The number of ether oxygens (including phenoxy) is 3. The van der Waals surface area contributed by atoms with Crippen molar-refractivity contribution in [3.8, 4) is 11.5 Å². The molecular formula is C24H37N5O4. The predicted octanol–water partition coefficient (Wildman–Crippen LogP) is 2.51. The number of rotatable bonds is 10. The topological polar surface area (TPSA) is 90.7 Å². The molecule has 1 N–H and O–H groups in total. The van der Waals surface area contributed by atoms with E-state index in [1.165, 1.54) is 7.11 Å². The van der Waals surface area contributed by atoms with Crippen LogP contribution in [0.5, 0.6) is 11.5 Å². The summed E-state index contributed by atoms with van der Waals surface area (Å²) in [5.74, 6) is 3.74. The van der Waals surface area contributed by atoms with Crippen LogP contribution in [0.25, 0.3) is 0 Å². The van der Waals surface area contributed by atoms with Gasteiger partial charge in [-0.3, -0.25) is 9.69 Å². The molecule has 9 heteroatoms. The fourth-order valence-corrected chi connectivity index (χ4v) is 4.47. The molecule has 0 bridgehead atoms. The van der Waals surface area contributed by atoms with Gasteiger partial charge in [0.25, 0.3) is 0 Å². The van der Waals surface area contributed by atoms with Crippen LogP contribution in [0, 0.1) is 12.8 Å². The highest BCUT2D eigenvalue weighted by molar-refractivity contribution is 5.77. The predicted molar refractivity (Wildman–Crippen MR) is 126 cm³/mol. The Balaban J connectivity index is 1.76. The summed E-state index contributed by atoms with van der Waals surface area (Å²) in [6.45, 7) is 9.61. The molecule has 1 aromatic heterocycles. The van der Waals surface area contributed by atoms with Crippen LogP contribution in [0.15, 0.2) is 12.1 Å². The SMILES string of the molecule is COCC(=O)NC(CC(C)C)c1nnc2n1CCN(Cc1ccc(OC)c(C)c1OC)CC2. The van der Waals surface area contributed by atoms with Crippen molar-refractivity contribution in [1.82, 2.24) is 25.0 Å². The molecule has 182 valence electrons. The highest BCUT2D eigenvalue weighted by Gasteiger charge is 2.26. The fraction of sp³-hybridized carbons (Fsp3) is 0.625. The van der Waals surface area contributed by atoms with E-state index in [4.69, 9.17) is 14.2 Å². The lowest BCUT2D eigenvalue weighted by atomic mass is 10.0. The fourth-order valence-electron chi connectivity index (χ4n) is 4.47. The zero-order valence-corrected chi connectivity index (χ0v) is 20.7. The number of carbonyl (C=O) groups is 1. The Morgan fingerprint density at radius 2 is 1.91 bits per heavy atom. The molecule has 0 saturated carbocycles. The van der Waals surface area contributed by atoms with E-state index in [1.807, 2.05) is 13.0 Å². The van der Waals surface area contributed by atoms with Gasteiger partial charge in [0.2, 0.25) is 5.91 Å². The standard InChI is InChI=1S/C24H37N5O4/c1-16(2)13-19(25-22(30)15-31-4)24-27-26-21-9-10-28(11-12-29(21)24)14-18-7-8-20(32-5)17(3)23(18)33-6/h7-8,16,19H,9-15H2,1-6H3,(H,25,30). The molecule has 1 aliphatic heterocycles. The summed E-state index contributed by atoms with van der Waals surface area (Å²) in [4.78, 5) is 14.6. The number of benzene rings is 1. The molecule has 0 spiro atoms. The second kappa shape index (κ2) is 11.5. The van der Waals surface area contributed by atoms with Crippen LogP contribution in [0.1, 0.15) is 49.1 Å². The second-order valence-corrected chi connectivity index (χ2v) is 8.92. The number of fused-ring (bicyclic) bond motifs is 1. The normalized spacial score (nSPS) is 15.1. The summed E-state index contributed by atoms with van der Waals surface area (Å²) in [5.41, 5.74) is 2.15. The van der Waals surface area contributed by atoms with E-state index in [1.54, 1.807) is 14.2 Å². The van der Waals surface area contributed by atoms with E-state index in [-0.39, 0.29) is 18.6 Å². The number of amides is 1. The van der Waals surface area contributed by atoms with Crippen molar-refractivity contribution in [1.29, 1.82) is 0 Å². The monoisotopic (exact) mass is 459 g/mol. The highest BCUT2D eigenvalue weighted by atomic mass is 16.5. The molecule has 9 nitrogen and oxygen atoms in total. The molecule has 2 heterocycles. The van der Waals surface area contributed by atoms with Crippen molar-refractivity contribution in [3.63, 3.8) is 0 Å². The maximum atomic E-state index is 12.2. The first-order valence-electron chi connectivity index (χ1n) is 11.5. The Labute approximate surface area is 196 Å². The number of hydrogen-bond donors (Lipinski definition) is 1. The van der Waals surface area contributed by atoms with E-state index >= 15 is 0 Å². The van der Waals surface area contributed by atoms with Crippen molar-refractivity contribution in [3.05, 3.63) is 34.9 Å².